The van der Waals surface area contributed by atoms with E-state index in [4.69, 9.17) is 0 Å². The number of H-pyrrole nitrogens is 1. The molecule has 0 aliphatic heterocycles. The number of aromatic nitrogens is 4. The molecule has 3 N–H and O–H groups in total. The third-order valence-corrected chi connectivity index (χ3v) is 3.55. The first kappa shape index (κ1) is 11.4. The van der Waals surface area contributed by atoms with Gasteiger partial charge in [0, 0.05) is 12.6 Å². The van der Waals surface area contributed by atoms with Crippen molar-refractivity contribution in [3.8, 4) is 0 Å². The molecule has 8 nitrogen and oxygen atoms in total. The van der Waals surface area contributed by atoms with Crippen molar-refractivity contribution in [3.05, 3.63) is 5.82 Å². The summed E-state index contributed by atoms with van der Waals surface area (Å²) >= 11 is 0. The van der Waals surface area contributed by atoms with Crippen LogP contribution in [0.5, 0.6) is 0 Å². The number of nitrogens with one attached hydrogen (secondary N) is 3. The van der Waals surface area contributed by atoms with Crippen molar-refractivity contribution in [2.45, 2.75) is 25.4 Å². The molecule has 0 atom stereocenters. The Hall–Kier alpha value is -1.06. The van der Waals surface area contributed by atoms with E-state index in [0.29, 0.717) is 18.4 Å². The molecule has 1 aromatic rings. The van der Waals surface area contributed by atoms with Crippen molar-refractivity contribution >= 4 is 10.0 Å². The predicted molar refractivity (Wildman–Crippen MR) is 55.8 cm³/mol. The summed E-state index contributed by atoms with van der Waals surface area (Å²) in [5, 5.41) is 16.0. The normalized spacial score (nSPS) is 16.5. The van der Waals surface area contributed by atoms with Crippen LogP contribution in [-0.4, -0.2) is 47.4 Å². The topological polar surface area (TPSA) is 113 Å². The zero-order valence-corrected chi connectivity index (χ0v) is 9.50. The van der Waals surface area contributed by atoms with Gasteiger partial charge in [0.15, 0.2) is 5.82 Å². The van der Waals surface area contributed by atoms with Crippen LogP contribution in [0.2, 0.25) is 0 Å². The number of nitrogens with zero attached hydrogens (tertiary/aromatic N) is 3. The summed E-state index contributed by atoms with van der Waals surface area (Å²) in [5.74, 6) is 0.403. The summed E-state index contributed by atoms with van der Waals surface area (Å²) < 4.78 is 25.4. The fourth-order valence-electron chi connectivity index (χ4n) is 1.19. The van der Waals surface area contributed by atoms with Gasteiger partial charge in [0.05, 0.1) is 12.3 Å². The molecule has 1 aliphatic carbocycles. The van der Waals surface area contributed by atoms with E-state index < -0.39 is 10.0 Å². The minimum Gasteiger partial charge on any atom is -0.313 e. The first-order valence-electron chi connectivity index (χ1n) is 5.09. The summed E-state index contributed by atoms with van der Waals surface area (Å²) in [6, 6.07) is 0.521. The molecule has 0 unspecified atom stereocenters. The molecule has 2 rings (SSSR count). The van der Waals surface area contributed by atoms with Crippen LogP contribution in [-0.2, 0) is 16.6 Å². The second-order valence-electron chi connectivity index (χ2n) is 3.70. The van der Waals surface area contributed by atoms with Crippen LogP contribution in [0.25, 0.3) is 0 Å². The summed E-state index contributed by atoms with van der Waals surface area (Å²) in [6.07, 6.45) is 2.30. The summed E-state index contributed by atoms with van der Waals surface area (Å²) in [7, 11) is -3.26. The molecular weight excluding hydrogens is 232 g/mol. The van der Waals surface area contributed by atoms with Crippen molar-refractivity contribution in [3.63, 3.8) is 0 Å². The van der Waals surface area contributed by atoms with Crippen molar-refractivity contribution in [2.75, 3.05) is 12.3 Å². The van der Waals surface area contributed by atoms with Gasteiger partial charge in [-0.25, -0.2) is 13.1 Å². The standard InChI is InChI=1S/C7H14N6O2S/c14-16(15,4-3-8-6-1-2-6)9-5-7-10-12-13-11-7/h6,8-9H,1-5H2,(H,10,11,12,13). The van der Waals surface area contributed by atoms with Gasteiger partial charge < -0.3 is 5.32 Å². The number of aromatic amines is 1. The highest BCUT2D eigenvalue weighted by molar-refractivity contribution is 7.89. The van der Waals surface area contributed by atoms with Crippen LogP contribution in [0, 0.1) is 0 Å². The minimum absolute atomic E-state index is 0.0708. The molecule has 0 radical (unpaired) electrons. The lowest BCUT2D eigenvalue weighted by molar-refractivity contribution is 0.574. The molecule has 0 aromatic carbocycles. The van der Waals surface area contributed by atoms with Gasteiger partial charge in [-0.15, -0.1) is 10.2 Å². The molecular formula is C7H14N6O2S. The van der Waals surface area contributed by atoms with E-state index in [-0.39, 0.29) is 12.3 Å². The molecule has 0 saturated heterocycles. The van der Waals surface area contributed by atoms with Crippen molar-refractivity contribution in [2.24, 2.45) is 0 Å². The second kappa shape index (κ2) is 4.85. The minimum atomic E-state index is -3.26. The van der Waals surface area contributed by atoms with Crippen LogP contribution in [0.4, 0.5) is 0 Å². The van der Waals surface area contributed by atoms with Gasteiger partial charge in [-0.05, 0) is 12.8 Å². The quantitative estimate of drug-likeness (QED) is 0.532. The molecule has 9 heteroatoms. The average Bonchev–Trinajstić information content (AvgIpc) is 2.91. The summed E-state index contributed by atoms with van der Waals surface area (Å²) in [4.78, 5) is 0. The molecule has 0 bridgehead atoms. The van der Waals surface area contributed by atoms with Gasteiger partial charge in [-0.2, -0.15) is 5.21 Å². The molecule has 1 aliphatic rings. The zero-order chi connectivity index (χ0) is 11.4. The van der Waals surface area contributed by atoms with Gasteiger partial charge in [-0.1, -0.05) is 5.21 Å². The first-order chi connectivity index (χ1) is 7.66. The molecule has 90 valence electrons. The van der Waals surface area contributed by atoms with Gasteiger partial charge in [-0.3, -0.25) is 0 Å². The highest BCUT2D eigenvalue weighted by atomic mass is 32.2. The Balaban J connectivity index is 1.69. The van der Waals surface area contributed by atoms with Crippen LogP contribution in [0.15, 0.2) is 0 Å². The van der Waals surface area contributed by atoms with Crippen molar-refractivity contribution in [1.82, 2.24) is 30.7 Å². The Morgan fingerprint density at radius 3 is 2.88 bits per heavy atom. The predicted octanol–water partition coefficient (Wildman–Crippen LogP) is -1.63. The third-order valence-electron chi connectivity index (χ3n) is 2.22. The monoisotopic (exact) mass is 246 g/mol. The number of sulfonamides is 1. The Kier molecular flexibility index (Phi) is 3.46. The van der Waals surface area contributed by atoms with Gasteiger partial charge >= 0.3 is 0 Å². The lowest BCUT2D eigenvalue weighted by Gasteiger charge is -2.05. The maximum absolute atomic E-state index is 11.5. The Bertz CT molecular complexity index is 412. The number of rotatable bonds is 7. The van der Waals surface area contributed by atoms with Gasteiger partial charge in [0.1, 0.15) is 0 Å². The third kappa shape index (κ3) is 3.83. The maximum Gasteiger partial charge on any atom is 0.213 e. The molecule has 1 heterocycles. The Morgan fingerprint density at radius 1 is 1.44 bits per heavy atom. The van der Waals surface area contributed by atoms with Crippen LogP contribution in [0.1, 0.15) is 18.7 Å². The van der Waals surface area contributed by atoms with E-state index in [0.717, 1.165) is 12.8 Å². The highest BCUT2D eigenvalue weighted by Crippen LogP contribution is 2.17. The largest absolute Gasteiger partial charge is 0.313 e. The number of hydrogen-bond acceptors (Lipinski definition) is 6. The lowest BCUT2D eigenvalue weighted by Crippen LogP contribution is -2.32. The van der Waals surface area contributed by atoms with E-state index in [1.54, 1.807) is 0 Å². The zero-order valence-electron chi connectivity index (χ0n) is 8.68. The second-order valence-corrected chi connectivity index (χ2v) is 5.62. The van der Waals surface area contributed by atoms with E-state index in [1.165, 1.54) is 0 Å². The lowest BCUT2D eigenvalue weighted by atomic mass is 10.6. The molecule has 0 amide bonds. The van der Waals surface area contributed by atoms with Crippen molar-refractivity contribution < 1.29 is 8.42 Å². The van der Waals surface area contributed by atoms with E-state index >= 15 is 0 Å². The van der Waals surface area contributed by atoms with Crippen molar-refractivity contribution in [1.29, 1.82) is 0 Å². The maximum atomic E-state index is 11.5. The van der Waals surface area contributed by atoms with E-state index in [1.807, 2.05) is 0 Å². The Labute approximate surface area is 93.2 Å². The number of hydrogen-bond donors (Lipinski definition) is 3. The fraction of sp³-hybridized carbons (Fsp3) is 0.857. The summed E-state index contributed by atoms with van der Waals surface area (Å²) in [6.45, 7) is 0.550. The van der Waals surface area contributed by atoms with Gasteiger partial charge in [0.2, 0.25) is 10.0 Å². The fourth-order valence-corrected chi connectivity index (χ4v) is 2.07. The van der Waals surface area contributed by atoms with E-state index in [2.05, 4.69) is 30.7 Å². The average molecular weight is 246 g/mol. The van der Waals surface area contributed by atoms with Crippen LogP contribution >= 0.6 is 0 Å². The first-order valence-corrected chi connectivity index (χ1v) is 6.74. The van der Waals surface area contributed by atoms with Crippen LogP contribution in [0.3, 0.4) is 0 Å². The molecule has 0 spiro atoms. The SMILES string of the molecule is O=S(=O)(CCNC1CC1)NCc1nn[nH]n1. The molecule has 1 fully saturated rings. The molecule has 1 saturated carbocycles. The van der Waals surface area contributed by atoms with E-state index in [9.17, 15) is 8.42 Å². The molecule has 16 heavy (non-hydrogen) atoms. The van der Waals surface area contributed by atoms with Gasteiger partial charge in [0.25, 0.3) is 0 Å². The highest BCUT2D eigenvalue weighted by Gasteiger charge is 2.21. The smallest absolute Gasteiger partial charge is 0.213 e. The molecule has 1 aromatic heterocycles. The number of tetrazole rings is 1. The summed E-state index contributed by atoms with van der Waals surface area (Å²) in [5.41, 5.74) is 0. The van der Waals surface area contributed by atoms with Crippen LogP contribution < -0.4 is 10.0 Å². The Morgan fingerprint density at radius 2 is 2.25 bits per heavy atom.